The van der Waals surface area contributed by atoms with Crippen molar-refractivity contribution in [3.63, 3.8) is 0 Å². The van der Waals surface area contributed by atoms with Gasteiger partial charge in [0.25, 0.3) is 0 Å². The molecule has 0 aromatic carbocycles. The van der Waals surface area contributed by atoms with Crippen molar-refractivity contribution >= 4 is 11.6 Å². The molecule has 2 heterocycles. The molecule has 1 fully saturated rings. The molecule has 0 bridgehead atoms. The number of allylic oxidation sites excluding steroid dienone is 3. The average molecular weight is 226 g/mol. The lowest BCUT2D eigenvalue weighted by Gasteiger charge is -2.28. The van der Waals surface area contributed by atoms with E-state index in [9.17, 15) is 4.79 Å². The van der Waals surface area contributed by atoms with Gasteiger partial charge in [-0.2, -0.15) is 4.57 Å². The average Bonchev–Trinajstić information content (AvgIpc) is 2.39. The number of carbonyl (C=O) groups is 1. The molecule has 3 heteroatoms. The predicted octanol–water partition coefficient (Wildman–Crippen LogP) is 1.10. The first-order valence-electron chi connectivity index (χ1n) is 5.82. The summed E-state index contributed by atoms with van der Waals surface area (Å²) in [6.45, 7) is 0.684. The van der Waals surface area contributed by atoms with E-state index in [1.165, 1.54) is 5.92 Å². The third-order valence-corrected chi connectivity index (χ3v) is 3.23. The lowest BCUT2D eigenvalue weighted by atomic mass is 9.82. The fraction of sp³-hybridized carbons (Fsp3) is 0.214. The molecular weight excluding hydrogens is 212 g/mol. The number of amides is 1. The number of nitrogens with zero attached hydrogens (tertiary/aromatic N) is 1. The third kappa shape index (κ3) is 2.00. The minimum Gasteiger partial charge on any atom is -0.355 e. The largest absolute Gasteiger partial charge is 0.355 e. The van der Waals surface area contributed by atoms with Gasteiger partial charge < -0.3 is 5.32 Å². The minimum atomic E-state index is 0.141. The van der Waals surface area contributed by atoms with Crippen molar-refractivity contribution in [2.75, 3.05) is 6.54 Å². The fourth-order valence-electron chi connectivity index (χ4n) is 2.28. The number of rotatable bonds is 1. The van der Waals surface area contributed by atoms with Crippen LogP contribution in [-0.2, 0) is 4.79 Å². The lowest BCUT2D eigenvalue weighted by Crippen LogP contribution is -2.40. The van der Waals surface area contributed by atoms with Gasteiger partial charge in [0.05, 0.1) is 0 Å². The van der Waals surface area contributed by atoms with Crippen LogP contribution in [0.15, 0.2) is 48.8 Å². The Morgan fingerprint density at radius 3 is 2.82 bits per heavy atom. The summed E-state index contributed by atoms with van der Waals surface area (Å²) in [6.07, 6.45) is 11.0. The first-order chi connectivity index (χ1) is 8.33. The molecule has 1 saturated heterocycles. The van der Waals surface area contributed by atoms with Crippen molar-refractivity contribution in [3.05, 3.63) is 54.7 Å². The molecule has 1 unspecified atom stereocenters. The summed E-state index contributed by atoms with van der Waals surface area (Å²) in [5, 5.41) is 2.87. The van der Waals surface area contributed by atoms with Gasteiger partial charge in [-0.05, 0) is 6.08 Å². The topological polar surface area (TPSA) is 33.0 Å². The lowest BCUT2D eigenvalue weighted by molar-refractivity contribution is -0.578. The van der Waals surface area contributed by atoms with E-state index in [-0.39, 0.29) is 11.8 Å². The maximum atomic E-state index is 11.4. The highest BCUT2D eigenvalue weighted by Gasteiger charge is 2.30. The first kappa shape index (κ1) is 10.3. The van der Waals surface area contributed by atoms with Crippen molar-refractivity contribution < 1.29 is 9.36 Å². The first-order valence-corrected chi connectivity index (χ1v) is 5.82. The number of pyridine rings is 1. The normalized spacial score (nSPS) is 23.9. The van der Waals surface area contributed by atoms with Gasteiger partial charge >= 0.3 is 0 Å². The van der Waals surface area contributed by atoms with Crippen LogP contribution in [0, 0.1) is 11.8 Å². The highest BCUT2D eigenvalue weighted by atomic mass is 16.1. The van der Waals surface area contributed by atoms with Crippen molar-refractivity contribution in [1.29, 1.82) is 0 Å². The van der Waals surface area contributed by atoms with E-state index in [4.69, 9.17) is 0 Å². The molecule has 1 aromatic heterocycles. The Bertz CT molecular complexity index is 490. The second kappa shape index (κ2) is 4.17. The number of nitrogens with one attached hydrogen (secondary N) is 1. The van der Waals surface area contributed by atoms with Crippen LogP contribution < -0.4 is 9.88 Å². The summed E-state index contributed by atoms with van der Waals surface area (Å²) in [6, 6.07) is 6.00. The van der Waals surface area contributed by atoms with Gasteiger partial charge in [0.15, 0.2) is 12.4 Å². The van der Waals surface area contributed by atoms with Crippen molar-refractivity contribution in [3.8, 4) is 0 Å². The maximum Gasteiger partial charge on any atom is 0.220 e. The summed E-state index contributed by atoms with van der Waals surface area (Å²) in [5.41, 5.74) is 1.13. The molecule has 1 aromatic rings. The van der Waals surface area contributed by atoms with Crippen LogP contribution in [0.1, 0.15) is 6.42 Å². The van der Waals surface area contributed by atoms with Gasteiger partial charge in [-0.15, -0.1) is 0 Å². The van der Waals surface area contributed by atoms with Crippen LogP contribution >= 0.6 is 0 Å². The second-order valence-electron chi connectivity index (χ2n) is 4.37. The van der Waals surface area contributed by atoms with Gasteiger partial charge in [0, 0.05) is 43.0 Å². The van der Waals surface area contributed by atoms with Crippen LogP contribution in [0.4, 0.5) is 0 Å². The minimum absolute atomic E-state index is 0.141. The smallest absolute Gasteiger partial charge is 0.220 e. The van der Waals surface area contributed by atoms with E-state index in [2.05, 4.69) is 28.1 Å². The van der Waals surface area contributed by atoms with Gasteiger partial charge in [-0.1, -0.05) is 12.1 Å². The Balaban J connectivity index is 1.88. The molecule has 1 radical (unpaired) electrons. The molecule has 0 saturated carbocycles. The van der Waals surface area contributed by atoms with E-state index < -0.39 is 0 Å². The molecule has 3 rings (SSSR count). The summed E-state index contributed by atoms with van der Waals surface area (Å²) in [4.78, 5) is 11.4. The number of piperidine rings is 1. The van der Waals surface area contributed by atoms with Gasteiger partial charge in [-0.25, -0.2) is 0 Å². The van der Waals surface area contributed by atoms with E-state index >= 15 is 0 Å². The van der Waals surface area contributed by atoms with E-state index in [1.807, 2.05) is 30.6 Å². The predicted molar refractivity (Wildman–Crippen MR) is 64.4 cm³/mol. The summed E-state index contributed by atoms with van der Waals surface area (Å²) in [7, 11) is 0. The van der Waals surface area contributed by atoms with Crippen LogP contribution in [0.5, 0.6) is 0 Å². The van der Waals surface area contributed by atoms with Gasteiger partial charge in [-0.3, -0.25) is 4.79 Å². The van der Waals surface area contributed by atoms with Crippen LogP contribution in [-0.4, -0.2) is 12.5 Å². The van der Waals surface area contributed by atoms with Crippen LogP contribution in [0.3, 0.4) is 0 Å². The Hall–Kier alpha value is -1.90. The summed E-state index contributed by atoms with van der Waals surface area (Å²) >= 11 is 0. The molecule has 1 aliphatic carbocycles. The Kier molecular flexibility index (Phi) is 2.52. The maximum absolute atomic E-state index is 11.4. The molecule has 0 spiro atoms. The number of carbonyl (C=O) groups excluding carboxylic acids is 1. The zero-order chi connectivity index (χ0) is 11.7. The number of hydrogen-bond acceptors (Lipinski definition) is 1. The molecule has 1 aliphatic heterocycles. The Morgan fingerprint density at radius 2 is 2.00 bits per heavy atom. The van der Waals surface area contributed by atoms with Crippen molar-refractivity contribution in [2.24, 2.45) is 5.92 Å². The van der Waals surface area contributed by atoms with Crippen LogP contribution in [0.2, 0.25) is 0 Å². The molecule has 1 amide bonds. The zero-order valence-electron chi connectivity index (χ0n) is 9.47. The SMILES string of the molecule is O=C1CC2C=C([n+]3ccccc3)C=C[C]2CN1. The molecule has 1 N–H and O–H groups in total. The van der Waals surface area contributed by atoms with Crippen LogP contribution in [0.25, 0.3) is 5.70 Å². The quantitative estimate of drug-likeness (QED) is 0.715. The number of fused-ring (bicyclic) bond motifs is 1. The molecular formula is C14H14N2O+. The molecule has 2 aliphatic rings. The number of aromatic nitrogens is 1. The highest BCUT2D eigenvalue weighted by molar-refractivity contribution is 5.79. The Morgan fingerprint density at radius 1 is 1.18 bits per heavy atom. The Labute approximate surface area is 100 Å². The fourth-order valence-corrected chi connectivity index (χ4v) is 2.28. The zero-order valence-corrected chi connectivity index (χ0v) is 9.47. The molecule has 3 nitrogen and oxygen atoms in total. The van der Waals surface area contributed by atoms with Gasteiger partial charge in [0.2, 0.25) is 11.6 Å². The highest BCUT2D eigenvalue weighted by Crippen LogP contribution is 2.29. The number of hydrogen-bond donors (Lipinski definition) is 1. The molecule has 17 heavy (non-hydrogen) atoms. The van der Waals surface area contributed by atoms with E-state index in [1.54, 1.807) is 0 Å². The summed E-state index contributed by atoms with van der Waals surface area (Å²) in [5.74, 6) is 1.70. The third-order valence-electron chi connectivity index (χ3n) is 3.23. The van der Waals surface area contributed by atoms with Gasteiger partial charge in [0.1, 0.15) is 0 Å². The molecule has 1 atom stereocenters. The standard InChI is InChI=1S/C14H13N2O/c17-14-9-12-8-13(5-4-11(12)10-15-14)16-6-2-1-3-7-16/h1-8,12H,9-10H2/p+1. The van der Waals surface area contributed by atoms with Crippen molar-refractivity contribution in [2.45, 2.75) is 6.42 Å². The van der Waals surface area contributed by atoms with E-state index in [0.717, 1.165) is 5.70 Å². The van der Waals surface area contributed by atoms with E-state index in [0.29, 0.717) is 13.0 Å². The second-order valence-corrected chi connectivity index (χ2v) is 4.37. The van der Waals surface area contributed by atoms with Crippen molar-refractivity contribution in [1.82, 2.24) is 5.32 Å². The molecule has 85 valence electrons. The monoisotopic (exact) mass is 226 g/mol. The summed E-state index contributed by atoms with van der Waals surface area (Å²) < 4.78 is 2.07.